The highest BCUT2D eigenvalue weighted by Crippen LogP contribution is 2.33. The van der Waals surface area contributed by atoms with E-state index in [1.54, 1.807) is 30.4 Å². The fraction of sp³-hybridized carbons (Fsp3) is 0.364. The van der Waals surface area contributed by atoms with Crippen LogP contribution < -0.4 is 15.7 Å². The van der Waals surface area contributed by atoms with Crippen molar-refractivity contribution in [1.29, 1.82) is 0 Å². The van der Waals surface area contributed by atoms with Crippen LogP contribution in [-0.4, -0.2) is 33.4 Å². The number of phenolic OH excluding ortho intramolecular Hbond substituents is 1. The monoisotopic (exact) mass is 440 g/mol. The number of thiophene rings is 1. The van der Waals surface area contributed by atoms with Gasteiger partial charge in [0.2, 0.25) is 0 Å². The van der Waals surface area contributed by atoms with Gasteiger partial charge in [-0.2, -0.15) is 5.10 Å². The van der Waals surface area contributed by atoms with E-state index in [2.05, 4.69) is 15.5 Å². The molecule has 0 unspecified atom stereocenters. The molecule has 1 atom stereocenters. The zero-order chi connectivity index (χ0) is 22.0. The number of ether oxygens (including phenoxy) is 1. The maximum Gasteiger partial charge on any atom is 0.263 e. The number of hydrogen-bond donors (Lipinski definition) is 2. The van der Waals surface area contributed by atoms with Crippen LogP contribution in [0.25, 0.3) is 10.2 Å². The Hall–Kier alpha value is -3.20. The molecular formula is C22H24N4O4S. The summed E-state index contributed by atoms with van der Waals surface area (Å²) in [5.74, 6) is -0.0434. The van der Waals surface area contributed by atoms with Crippen molar-refractivity contribution >= 4 is 33.7 Å². The number of hydrogen-bond acceptors (Lipinski definition) is 7. The third-order valence-corrected chi connectivity index (χ3v) is 6.57. The molecule has 0 fully saturated rings. The molecule has 0 bridgehead atoms. The molecule has 0 saturated carbocycles. The second kappa shape index (κ2) is 8.89. The first-order valence-electron chi connectivity index (χ1n) is 10.3. The molecule has 162 valence electrons. The lowest BCUT2D eigenvalue weighted by Crippen LogP contribution is -2.34. The zero-order valence-electron chi connectivity index (χ0n) is 17.4. The van der Waals surface area contributed by atoms with E-state index in [-0.39, 0.29) is 11.3 Å². The summed E-state index contributed by atoms with van der Waals surface area (Å²) >= 11 is 1.58. The molecule has 0 spiro atoms. The molecule has 4 rings (SSSR count). The summed E-state index contributed by atoms with van der Waals surface area (Å²) in [7, 11) is 0. The van der Waals surface area contributed by atoms with Gasteiger partial charge in [-0.25, -0.2) is 10.4 Å². The Morgan fingerprint density at radius 2 is 2.23 bits per heavy atom. The van der Waals surface area contributed by atoms with Crippen molar-refractivity contribution in [3.05, 3.63) is 50.9 Å². The van der Waals surface area contributed by atoms with Crippen molar-refractivity contribution < 1.29 is 14.6 Å². The molecule has 0 saturated heterocycles. The van der Waals surface area contributed by atoms with Crippen LogP contribution in [0.4, 0.5) is 0 Å². The molecule has 8 nitrogen and oxygen atoms in total. The van der Waals surface area contributed by atoms with E-state index in [0.717, 1.165) is 36.1 Å². The van der Waals surface area contributed by atoms with E-state index >= 15 is 0 Å². The molecule has 2 heterocycles. The number of rotatable bonds is 6. The minimum Gasteiger partial charge on any atom is -0.504 e. The van der Waals surface area contributed by atoms with Crippen molar-refractivity contribution in [2.45, 2.75) is 45.6 Å². The number of aromatic hydroxyl groups is 1. The second-order valence-corrected chi connectivity index (χ2v) is 8.50. The highest BCUT2D eigenvalue weighted by Gasteiger charge is 2.23. The van der Waals surface area contributed by atoms with Gasteiger partial charge >= 0.3 is 0 Å². The molecule has 2 N–H and O–H groups in total. The SMILES string of the molecule is CCOc1cc(/C=N/NC(=O)[C@H](C)n2cnc3sc4c(c3c2=O)CCCC4)ccc1O. The third kappa shape index (κ3) is 4.18. The predicted octanol–water partition coefficient (Wildman–Crippen LogP) is 3.15. The highest BCUT2D eigenvalue weighted by atomic mass is 32.1. The molecule has 3 aromatic rings. The first-order chi connectivity index (χ1) is 15.0. The molecule has 2 aromatic heterocycles. The predicted molar refractivity (Wildman–Crippen MR) is 120 cm³/mol. The normalized spacial score (nSPS) is 14.5. The fourth-order valence-electron chi connectivity index (χ4n) is 3.71. The number of nitrogens with zero attached hydrogens (tertiary/aromatic N) is 3. The molecule has 1 aliphatic carbocycles. The number of carbonyl (C=O) groups is 1. The number of hydrazone groups is 1. The smallest absolute Gasteiger partial charge is 0.263 e. The van der Waals surface area contributed by atoms with Gasteiger partial charge in [0, 0.05) is 4.88 Å². The molecule has 9 heteroatoms. The lowest BCUT2D eigenvalue weighted by molar-refractivity contribution is -0.123. The topological polar surface area (TPSA) is 106 Å². The maximum atomic E-state index is 13.1. The molecule has 0 aliphatic heterocycles. The Kier molecular flexibility index (Phi) is 6.03. The van der Waals surface area contributed by atoms with Gasteiger partial charge in [-0.15, -0.1) is 11.3 Å². The number of aromatic nitrogens is 2. The second-order valence-electron chi connectivity index (χ2n) is 7.42. The van der Waals surface area contributed by atoms with Crippen molar-refractivity contribution in [2.24, 2.45) is 5.10 Å². The van der Waals surface area contributed by atoms with E-state index < -0.39 is 11.9 Å². The van der Waals surface area contributed by atoms with Gasteiger partial charge in [-0.3, -0.25) is 14.2 Å². The summed E-state index contributed by atoms with van der Waals surface area (Å²) in [6, 6.07) is 4.01. The van der Waals surface area contributed by atoms with Crippen molar-refractivity contribution in [1.82, 2.24) is 15.0 Å². The molecule has 1 aliphatic rings. The van der Waals surface area contributed by atoms with Gasteiger partial charge in [-0.1, -0.05) is 0 Å². The lowest BCUT2D eigenvalue weighted by atomic mass is 9.97. The molecule has 31 heavy (non-hydrogen) atoms. The number of fused-ring (bicyclic) bond motifs is 3. The summed E-state index contributed by atoms with van der Waals surface area (Å²) in [6.45, 7) is 3.89. The minimum atomic E-state index is -0.764. The average Bonchev–Trinajstić information content (AvgIpc) is 3.15. The van der Waals surface area contributed by atoms with E-state index in [1.807, 2.05) is 6.92 Å². The van der Waals surface area contributed by atoms with E-state index in [4.69, 9.17) is 4.74 Å². The van der Waals surface area contributed by atoms with Crippen molar-refractivity contribution in [3.8, 4) is 11.5 Å². The standard InChI is InChI=1S/C22H24N4O4S/c1-3-30-17-10-14(8-9-16(17)27)11-24-25-20(28)13(2)26-12-23-21-19(22(26)29)15-6-4-5-7-18(15)31-21/h8-13,27H,3-7H2,1-2H3,(H,25,28)/b24-11+/t13-/m0/s1. The van der Waals surface area contributed by atoms with Gasteiger partial charge in [0.15, 0.2) is 11.5 Å². The van der Waals surface area contributed by atoms with Crippen LogP contribution in [0, 0.1) is 0 Å². The van der Waals surface area contributed by atoms with Crippen LogP contribution in [-0.2, 0) is 17.6 Å². The average molecular weight is 441 g/mol. The zero-order valence-corrected chi connectivity index (χ0v) is 18.2. The summed E-state index contributed by atoms with van der Waals surface area (Å²) in [6.07, 6.45) is 6.97. The number of benzene rings is 1. The molecular weight excluding hydrogens is 416 g/mol. The largest absolute Gasteiger partial charge is 0.504 e. The van der Waals surface area contributed by atoms with Crippen LogP contribution in [0.5, 0.6) is 11.5 Å². The van der Waals surface area contributed by atoms with Gasteiger partial charge in [-0.05, 0) is 68.9 Å². The number of aryl methyl sites for hydroxylation is 2. The summed E-state index contributed by atoms with van der Waals surface area (Å²) in [5, 5.41) is 14.4. The number of nitrogens with one attached hydrogen (secondary N) is 1. The van der Waals surface area contributed by atoms with Crippen LogP contribution in [0.1, 0.15) is 48.7 Å². The first-order valence-corrected chi connectivity index (χ1v) is 11.1. The Balaban J connectivity index is 1.51. The maximum absolute atomic E-state index is 13.1. The number of amides is 1. The Labute approximate surface area is 183 Å². The van der Waals surface area contributed by atoms with Crippen LogP contribution in [0.15, 0.2) is 34.4 Å². The van der Waals surface area contributed by atoms with E-state index in [1.165, 1.54) is 28.1 Å². The Bertz CT molecular complexity index is 1210. The van der Waals surface area contributed by atoms with Crippen LogP contribution >= 0.6 is 11.3 Å². The lowest BCUT2D eigenvalue weighted by Gasteiger charge is -2.14. The number of phenols is 1. The molecule has 1 amide bonds. The van der Waals surface area contributed by atoms with Gasteiger partial charge in [0.1, 0.15) is 10.9 Å². The van der Waals surface area contributed by atoms with E-state index in [9.17, 15) is 14.7 Å². The quantitative estimate of drug-likeness (QED) is 0.452. The minimum absolute atomic E-state index is 0.0366. The van der Waals surface area contributed by atoms with Gasteiger partial charge in [0.05, 0.1) is 24.5 Å². The van der Waals surface area contributed by atoms with Crippen molar-refractivity contribution in [2.75, 3.05) is 6.61 Å². The van der Waals surface area contributed by atoms with E-state index in [0.29, 0.717) is 23.3 Å². The van der Waals surface area contributed by atoms with Crippen LogP contribution in [0.2, 0.25) is 0 Å². The summed E-state index contributed by atoms with van der Waals surface area (Å²) in [4.78, 5) is 32.1. The van der Waals surface area contributed by atoms with Gasteiger partial charge < -0.3 is 9.84 Å². The molecule has 0 radical (unpaired) electrons. The molecule has 1 aromatic carbocycles. The summed E-state index contributed by atoms with van der Waals surface area (Å²) < 4.78 is 6.70. The number of carbonyl (C=O) groups excluding carboxylic acids is 1. The Morgan fingerprint density at radius 3 is 3.03 bits per heavy atom. The Morgan fingerprint density at radius 1 is 1.42 bits per heavy atom. The fourth-order valence-corrected chi connectivity index (χ4v) is 4.93. The van der Waals surface area contributed by atoms with Gasteiger partial charge in [0.25, 0.3) is 11.5 Å². The van der Waals surface area contributed by atoms with Crippen molar-refractivity contribution in [3.63, 3.8) is 0 Å². The highest BCUT2D eigenvalue weighted by molar-refractivity contribution is 7.18. The third-order valence-electron chi connectivity index (χ3n) is 5.37. The summed E-state index contributed by atoms with van der Waals surface area (Å²) in [5.41, 5.74) is 4.04. The first kappa shape index (κ1) is 21.0. The van der Waals surface area contributed by atoms with Crippen LogP contribution in [0.3, 0.4) is 0 Å².